The number of hydrogen-bond donors (Lipinski definition) is 3. The number of rotatable bonds is 7. The summed E-state index contributed by atoms with van der Waals surface area (Å²) in [6, 6.07) is 16.6. The Kier molecular flexibility index (Phi) is 6.98. The van der Waals surface area contributed by atoms with Gasteiger partial charge in [-0.3, -0.25) is 4.79 Å². The lowest BCUT2D eigenvalue weighted by atomic mass is 10.1. The minimum absolute atomic E-state index is 0.244. The third kappa shape index (κ3) is 6.27. The van der Waals surface area contributed by atoms with Gasteiger partial charge < -0.3 is 20.7 Å². The molecule has 2 aromatic carbocycles. The van der Waals surface area contributed by atoms with Crippen molar-refractivity contribution in [2.75, 3.05) is 24.3 Å². The van der Waals surface area contributed by atoms with Gasteiger partial charge in [0.2, 0.25) is 0 Å². The van der Waals surface area contributed by atoms with Crippen molar-refractivity contribution < 1.29 is 14.3 Å². The van der Waals surface area contributed by atoms with Gasteiger partial charge in [0.15, 0.2) is 0 Å². The van der Waals surface area contributed by atoms with Gasteiger partial charge in [-0.2, -0.15) is 0 Å². The highest BCUT2D eigenvalue weighted by Gasteiger charge is 2.11. The van der Waals surface area contributed by atoms with Gasteiger partial charge in [0.1, 0.15) is 6.10 Å². The summed E-state index contributed by atoms with van der Waals surface area (Å²) in [5, 5.41) is 8.30. The monoisotopic (exact) mass is 341 g/mol. The molecule has 0 aliphatic carbocycles. The van der Waals surface area contributed by atoms with Crippen molar-refractivity contribution in [3.63, 3.8) is 0 Å². The van der Waals surface area contributed by atoms with E-state index in [4.69, 9.17) is 4.74 Å². The first kappa shape index (κ1) is 18.5. The molecule has 6 nitrogen and oxygen atoms in total. The summed E-state index contributed by atoms with van der Waals surface area (Å²) in [4.78, 5) is 23.8. The molecule has 0 aliphatic rings. The molecule has 25 heavy (non-hydrogen) atoms. The summed E-state index contributed by atoms with van der Waals surface area (Å²) < 4.78 is 4.97. The Morgan fingerprint density at radius 2 is 1.68 bits per heavy atom. The highest BCUT2D eigenvalue weighted by Crippen LogP contribution is 2.15. The van der Waals surface area contributed by atoms with Gasteiger partial charge in [0.25, 0.3) is 5.91 Å². The fraction of sp³-hybridized carbons (Fsp3) is 0.263. The smallest absolute Gasteiger partial charge is 0.319 e. The van der Waals surface area contributed by atoms with Crippen molar-refractivity contribution in [1.82, 2.24) is 5.32 Å². The van der Waals surface area contributed by atoms with Crippen molar-refractivity contribution in [2.45, 2.75) is 19.4 Å². The van der Waals surface area contributed by atoms with Crippen LogP contribution in [0.5, 0.6) is 0 Å². The van der Waals surface area contributed by atoms with Gasteiger partial charge in [-0.05, 0) is 37.1 Å². The molecule has 3 amide bonds. The van der Waals surface area contributed by atoms with Crippen LogP contribution >= 0.6 is 0 Å². The van der Waals surface area contributed by atoms with Crippen LogP contribution in [0.2, 0.25) is 0 Å². The van der Waals surface area contributed by atoms with Crippen LogP contribution in [0.3, 0.4) is 0 Å². The summed E-state index contributed by atoms with van der Waals surface area (Å²) in [6.07, 6.45) is 0.220. The van der Waals surface area contributed by atoms with Crippen molar-refractivity contribution in [1.29, 1.82) is 0 Å². The second kappa shape index (κ2) is 9.44. The van der Waals surface area contributed by atoms with E-state index in [-0.39, 0.29) is 11.9 Å². The van der Waals surface area contributed by atoms with E-state index in [1.165, 1.54) is 12.7 Å². The lowest BCUT2D eigenvalue weighted by molar-refractivity contribution is -0.124. The second-order valence-electron chi connectivity index (χ2n) is 5.56. The highest BCUT2D eigenvalue weighted by atomic mass is 16.5. The molecule has 2 rings (SSSR count). The molecule has 0 saturated heterocycles. The molecule has 0 spiro atoms. The number of nitrogens with one attached hydrogen (secondary N) is 3. The number of methoxy groups -OCH3 is 1. The zero-order valence-corrected chi connectivity index (χ0v) is 14.4. The summed E-state index contributed by atoms with van der Waals surface area (Å²) in [7, 11) is 1.47. The van der Waals surface area contributed by atoms with Crippen LogP contribution in [-0.2, 0) is 16.0 Å². The van der Waals surface area contributed by atoms with E-state index in [0.29, 0.717) is 17.9 Å². The molecule has 132 valence electrons. The number of amides is 3. The van der Waals surface area contributed by atoms with Crippen LogP contribution in [0, 0.1) is 0 Å². The highest BCUT2D eigenvalue weighted by molar-refractivity contribution is 5.95. The van der Waals surface area contributed by atoms with Crippen LogP contribution in [0.1, 0.15) is 12.5 Å². The minimum Gasteiger partial charge on any atom is -0.372 e. The molecule has 3 N–H and O–H groups in total. The van der Waals surface area contributed by atoms with E-state index < -0.39 is 6.10 Å². The SMILES string of the molecule is CO[C@@H](C)C(=O)Nc1cccc(NC(=O)NCCc2ccccc2)c1. The minimum atomic E-state index is -0.544. The fourth-order valence-electron chi connectivity index (χ4n) is 2.17. The molecule has 0 aliphatic heterocycles. The fourth-order valence-corrected chi connectivity index (χ4v) is 2.17. The molecular weight excluding hydrogens is 318 g/mol. The van der Waals surface area contributed by atoms with Gasteiger partial charge in [0, 0.05) is 25.0 Å². The van der Waals surface area contributed by atoms with Crippen LogP contribution in [0.15, 0.2) is 54.6 Å². The summed E-state index contributed by atoms with van der Waals surface area (Å²) in [6.45, 7) is 2.20. The first-order valence-electron chi connectivity index (χ1n) is 8.11. The van der Waals surface area contributed by atoms with Crippen LogP contribution in [-0.4, -0.2) is 31.7 Å². The molecule has 0 aromatic heterocycles. The summed E-state index contributed by atoms with van der Waals surface area (Å²) in [5.41, 5.74) is 2.36. The van der Waals surface area contributed by atoms with Crippen molar-refractivity contribution >= 4 is 23.3 Å². The molecule has 2 aromatic rings. The normalized spacial score (nSPS) is 11.4. The number of ether oxygens (including phenoxy) is 1. The molecule has 0 radical (unpaired) electrons. The van der Waals surface area contributed by atoms with E-state index in [2.05, 4.69) is 16.0 Å². The Hall–Kier alpha value is -2.86. The predicted molar refractivity (Wildman–Crippen MR) is 98.7 cm³/mol. The number of hydrogen-bond acceptors (Lipinski definition) is 3. The number of benzene rings is 2. The first-order chi connectivity index (χ1) is 12.1. The Balaban J connectivity index is 1.82. The lowest BCUT2D eigenvalue weighted by Gasteiger charge is -2.12. The Bertz CT molecular complexity index is 704. The van der Waals surface area contributed by atoms with Gasteiger partial charge in [-0.25, -0.2) is 4.79 Å². The molecule has 0 bridgehead atoms. The molecule has 0 unspecified atom stereocenters. The van der Waals surface area contributed by atoms with E-state index in [1.54, 1.807) is 31.2 Å². The number of urea groups is 1. The predicted octanol–water partition coefficient (Wildman–Crippen LogP) is 3.02. The van der Waals surface area contributed by atoms with Crippen molar-refractivity contribution in [3.05, 3.63) is 60.2 Å². The van der Waals surface area contributed by atoms with E-state index in [1.807, 2.05) is 30.3 Å². The average molecular weight is 341 g/mol. The number of carbonyl (C=O) groups is 2. The topological polar surface area (TPSA) is 79.5 Å². The van der Waals surface area contributed by atoms with Gasteiger partial charge in [-0.1, -0.05) is 36.4 Å². The largest absolute Gasteiger partial charge is 0.372 e. The second-order valence-corrected chi connectivity index (χ2v) is 5.56. The Morgan fingerprint density at radius 3 is 2.36 bits per heavy atom. The molecule has 0 fully saturated rings. The Morgan fingerprint density at radius 1 is 1.00 bits per heavy atom. The van der Waals surface area contributed by atoms with Gasteiger partial charge in [0.05, 0.1) is 0 Å². The third-order valence-electron chi connectivity index (χ3n) is 3.65. The maximum Gasteiger partial charge on any atom is 0.319 e. The molecule has 1 atom stereocenters. The van der Waals surface area contributed by atoms with E-state index in [0.717, 1.165) is 6.42 Å². The standard InChI is InChI=1S/C19H23N3O3/c1-14(25-2)18(23)21-16-9-6-10-17(13-16)22-19(24)20-12-11-15-7-4-3-5-8-15/h3-10,13-14H,11-12H2,1-2H3,(H,21,23)(H2,20,22,24)/t14-/m0/s1. The van der Waals surface area contributed by atoms with Crippen molar-refractivity contribution in [2.24, 2.45) is 0 Å². The summed E-state index contributed by atoms with van der Waals surface area (Å²) in [5.74, 6) is -0.244. The van der Waals surface area contributed by atoms with Gasteiger partial charge >= 0.3 is 6.03 Å². The third-order valence-corrected chi connectivity index (χ3v) is 3.65. The molecular formula is C19H23N3O3. The number of carbonyl (C=O) groups excluding carboxylic acids is 2. The maximum absolute atomic E-state index is 12.0. The number of anilines is 2. The first-order valence-corrected chi connectivity index (χ1v) is 8.11. The Labute approximate surface area is 147 Å². The molecule has 0 saturated carbocycles. The van der Waals surface area contributed by atoms with Crippen LogP contribution < -0.4 is 16.0 Å². The quantitative estimate of drug-likeness (QED) is 0.724. The maximum atomic E-state index is 12.0. The summed E-state index contributed by atoms with van der Waals surface area (Å²) >= 11 is 0. The molecule has 6 heteroatoms. The van der Waals surface area contributed by atoms with Gasteiger partial charge in [-0.15, -0.1) is 0 Å². The van der Waals surface area contributed by atoms with E-state index in [9.17, 15) is 9.59 Å². The van der Waals surface area contributed by atoms with Crippen LogP contribution in [0.4, 0.5) is 16.2 Å². The molecule has 0 heterocycles. The average Bonchev–Trinajstić information content (AvgIpc) is 2.62. The van der Waals surface area contributed by atoms with E-state index >= 15 is 0 Å². The zero-order chi connectivity index (χ0) is 18.1. The van der Waals surface area contributed by atoms with Crippen LogP contribution in [0.25, 0.3) is 0 Å². The lowest BCUT2D eigenvalue weighted by Crippen LogP contribution is -2.30. The zero-order valence-electron chi connectivity index (χ0n) is 14.4. The van der Waals surface area contributed by atoms with Crippen molar-refractivity contribution in [3.8, 4) is 0 Å².